The van der Waals surface area contributed by atoms with Crippen molar-refractivity contribution in [3.05, 3.63) is 85.1 Å². The average molecular weight is 780 g/mol. The number of esters is 1. The summed E-state index contributed by atoms with van der Waals surface area (Å²) in [5, 5.41) is 23.6. The van der Waals surface area contributed by atoms with E-state index in [1.165, 1.54) is 51.4 Å². The van der Waals surface area contributed by atoms with E-state index in [1.807, 2.05) is 30.4 Å². The minimum atomic E-state index is -0.803. The van der Waals surface area contributed by atoms with Gasteiger partial charge in [0.25, 0.3) is 0 Å². The molecular formula is C50H85NO5. The molecule has 0 fully saturated rings. The summed E-state index contributed by atoms with van der Waals surface area (Å²) in [4.78, 5) is 26.0. The van der Waals surface area contributed by atoms with Crippen LogP contribution in [0.15, 0.2) is 85.1 Å². The second-order valence-corrected chi connectivity index (χ2v) is 15.2. The lowest BCUT2D eigenvalue weighted by Gasteiger charge is -2.24. The monoisotopic (exact) mass is 780 g/mol. The molecule has 3 unspecified atom stereocenters. The molecule has 0 saturated carbocycles. The first-order valence-corrected chi connectivity index (χ1v) is 22.9. The van der Waals surface area contributed by atoms with Crippen LogP contribution in [0.2, 0.25) is 0 Å². The molecule has 0 aromatic heterocycles. The summed E-state index contributed by atoms with van der Waals surface area (Å²) >= 11 is 0. The van der Waals surface area contributed by atoms with Crippen molar-refractivity contribution >= 4 is 11.9 Å². The van der Waals surface area contributed by atoms with E-state index >= 15 is 0 Å². The van der Waals surface area contributed by atoms with Crippen LogP contribution in [0.5, 0.6) is 0 Å². The molecule has 0 bridgehead atoms. The van der Waals surface area contributed by atoms with Crippen LogP contribution in [0.25, 0.3) is 0 Å². The van der Waals surface area contributed by atoms with Crippen LogP contribution in [-0.4, -0.2) is 46.9 Å². The lowest BCUT2D eigenvalue weighted by Crippen LogP contribution is -2.46. The van der Waals surface area contributed by atoms with Gasteiger partial charge in [-0.05, 0) is 64.2 Å². The summed E-state index contributed by atoms with van der Waals surface area (Å²) in [7, 11) is 0. The number of carbonyl (C=O) groups is 2. The van der Waals surface area contributed by atoms with Crippen molar-refractivity contribution in [3.63, 3.8) is 0 Å². The number of ether oxygens (including phenoxy) is 1. The Balaban J connectivity index is 4.73. The molecule has 6 nitrogen and oxygen atoms in total. The third-order valence-corrected chi connectivity index (χ3v) is 9.88. The van der Waals surface area contributed by atoms with Gasteiger partial charge in [-0.1, -0.05) is 202 Å². The average Bonchev–Trinajstić information content (AvgIpc) is 3.19. The topological polar surface area (TPSA) is 95.9 Å². The van der Waals surface area contributed by atoms with Crippen LogP contribution in [0.1, 0.15) is 194 Å². The van der Waals surface area contributed by atoms with Crippen LogP contribution < -0.4 is 5.32 Å². The Morgan fingerprint density at radius 1 is 0.536 bits per heavy atom. The first kappa shape index (κ1) is 53.0. The molecule has 0 radical (unpaired) electrons. The van der Waals surface area contributed by atoms with Gasteiger partial charge in [0, 0.05) is 6.42 Å². The molecule has 0 heterocycles. The molecule has 0 aromatic rings. The van der Waals surface area contributed by atoms with Crippen LogP contribution in [0.3, 0.4) is 0 Å². The van der Waals surface area contributed by atoms with Crippen molar-refractivity contribution in [1.82, 2.24) is 5.32 Å². The number of carbonyl (C=O) groups excluding carboxylic acids is 2. The number of nitrogens with one attached hydrogen (secondary N) is 1. The number of aliphatic hydroxyl groups excluding tert-OH is 2. The van der Waals surface area contributed by atoms with Gasteiger partial charge in [0.2, 0.25) is 5.91 Å². The molecule has 56 heavy (non-hydrogen) atoms. The number of aliphatic hydroxyl groups is 2. The van der Waals surface area contributed by atoms with Crippen LogP contribution in [0.4, 0.5) is 0 Å². The molecule has 0 aromatic carbocycles. The van der Waals surface area contributed by atoms with Crippen molar-refractivity contribution in [3.8, 4) is 0 Å². The SMILES string of the molecule is CC/C=C/C=C/C=C\C=C/CCCCCC(=O)OC(CCCCCCC/C=C/C=C/C=C/CC)CC(=O)NC(CO)C(O)CCCCCCCCCCCCC. The van der Waals surface area contributed by atoms with Gasteiger partial charge in [0.05, 0.1) is 25.2 Å². The Morgan fingerprint density at radius 3 is 1.46 bits per heavy atom. The standard InChI is InChI=1S/C50H85NO5/c1-4-7-10-13-16-19-22-24-27-29-32-35-38-41-46(56-50(55)43-40-37-34-31-28-25-23-20-17-14-11-8-5-2)44-49(54)51-47(45-52)48(53)42-39-36-33-30-26-21-18-15-12-9-6-3/h7-8,10-11,13-14,16-17,19-20,22-23,25,28,46-48,52-53H,4-6,9,12,15,18,21,24,26-27,29-45H2,1-3H3,(H,51,54)/b10-7+,11-8+,16-13+,17-14+,22-19+,23-20-,28-25-. The van der Waals surface area contributed by atoms with Crippen molar-refractivity contribution in [2.75, 3.05) is 6.61 Å². The summed E-state index contributed by atoms with van der Waals surface area (Å²) in [5.74, 6) is -0.550. The summed E-state index contributed by atoms with van der Waals surface area (Å²) in [6.45, 7) is 6.17. The largest absolute Gasteiger partial charge is 0.462 e. The van der Waals surface area contributed by atoms with E-state index < -0.39 is 18.2 Å². The number of hydrogen-bond acceptors (Lipinski definition) is 5. The van der Waals surface area contributed by atoms with Gasteiger partial charge in [0.15, 0.2) is 0 Å². The molecule has 0 aliphatic heterocycles. The molecule has 1 amide bonds. The summed E-state index contributed by atoms with van der Waals surface area (Å²) in [6.07, 6.45) is 54.9. The number of allylic oxidation sites excluding steroid dienone is 14. The molecule has 320 valence electrons. The molecule has 0 aliphatic carbocycles. The summed E-state index contributed by atoms with van der Waals surface area (Å²) in [6, 6.07) is -0.719. The van der Waals surface area contributed by atoms with Gasteiger partial charge in [-0.3, -0.25) is 9.59 Å². The van der Waals surface area contributed by atoms with E-state index in [9.17, 15) is 19.8 Å². The first-order valence-electron chi connectivity index (χ1n) is 22.9. The van der Waals surface area contributed by atoms with E-state index in [0.29, 0.717) is 19.3 Å². The van der Waals surface area contributed by atoms with Crippen LogP contribution >= 0.6 is 0 Å². The maximum absolute atomic E-state index is 13.1. The molecule has 0 aliphatic rings. The zero-order valence-electron chi connectivity index (χ0n) is 36.2. The quantitative estimate of drug-likeness (QED) is 0.0328. The minimum Gasteiger partial charge on any atom is -0.462 e. The Hall–Kier alpha value is -2.96. The first-order chi connectivity index (χ1) is 27.5. The predicted octanol–water partition coefficient (Wildman–Crippen LogP) is 13.2. The molecule has 3 N–H and O–H groups in total. The van der Waals surface area contributed by atoms with E-state index in [0.717, 1.165) is 96.3 Å². The van der Waals surface area contributed by atoms with E-state index in [-0.39, 0.29) is 24.9 Å². The normalized spacial score (nSPS) is 14.2. The highest BCUT2D eigenvalue weighted by Gasteiger charge is 2.24. The van der Waals surface area contributed by atoms with Crippen molar-refractivity contribution < 1.29 is 24.5 Å². The van der Waals surface area contributed by atoms with Gasteiger partial charge in [0.1, 0.15) is 6.10 Å². The molecule has 6 heteroatoms. The lowest BCUT2D eigenvalue weighted by molar-refractivity contribution is -0.151. The highest BCUT2D eigenvalue weighted by atomic mass is 16.5. The van der Waals surface area contributed by atoms with E-state index in [2.05, 4.69) is 80.8 Å². The zero-order valence-corrected chi connectivity index (χ0v) is 36.2. The maximum atomic E-state index is 13.1. The third-order valence-electron chi connectivity index (χ3n) is 9.88. The molecule has 0 spiro atoms. The van der Waals surface area contributed by atoms with Crippen LogP contribution in [0, 0.1) is 0 Å². The Labute approximate surface area is 344 Å². The smallest absolute Gasteiger partial charge is 0.306 e. The minimum absolute atomic E-state index is 0.0432. The third kappa shape index (κ3) is 37.9. The second-order valence-electron chi connectivity index (χ2n) is 15.2. The molecule has 0 rings (SSSR count). The van der Waals surface area contributed by atoms with Gasteiger partial charge in [-0.15, -0.1) is 0 Å². The lowest BCUT2D eigenvalue weighted by atomic mass is 10.0. The number of hydrogen-bond donors (Lipinski definition) is 3. The van der Waals surface area contributed by atoms with E-state index in [4.69, 9.17) is 4.74 Å². The predicted molar refractivity (Wildman–Crippen MR) is 241 cm³/mol. The number of rotatable bonds is 39. The van der Waals surface area contributed by atoms with E-state index in [1.54, 1.807) is 0 Å². The maximum Gasteiger partial charge on any atom is 0.306 e. The van der Waals surface area contributed by atoms with Crippen molar-refractivity contribution in [2.45, 2.75) is 212 Å². The highest BCUT2D eigenvalue weighted by Crippen LogP contribution is 2.17. The molecular weight excluding hydrogens is 695 g/mol. The molecule has 3 atom stereocenters. The summed E-state index contributed by atoms with van der Waals surface area (Å²) in [5.41, 5.74) is 0. The van der Waals surface area contributed by atoms with Gasteiger partial charge in [-0.25, -0.2) is 0 Å². The highest BCUT2D eigenvalue weighted by molar-refractivity contribution is 5.77. The fourth-order valence-electron chi connectivity index (χ4n) is 6.44. The van der Waals surface area contributed by atoms with Gasteiger partial charge >= 0.3 is 5.97 Å². The Kier molecular flexibility index (Phi) is 40.9. The van der Waals surface area contributed by atoms with Gasteiger partial charge in [-0.2, -0.15) is 0 Å². The van der Waals surface area contributed by atoms with Gasteiger partial charge < -0.3 is 20.3 Å². The Morgan fingerprint density at radius 2 is 0.964 bits per heavy atom. The fourth-order valence-corrected chi connectivity index (χ4v) is 6.44. The number of amides is 1. The zero-order chi connectivity index (χ0) is 41.0. The number of unbranched alkanes of at least 4 members (excludes halogenated alkanes) is 18. The Bertz CT molecular complexity index is 1100. The van der Waals surface area contributed by atoms with Crippen LogP contribution in [-0.2, 0) is 14.3 Å². The van der Waals surface area contributed by atoms with Crippen molar-refractivity contribution in [1.29, 1.82) is 0 Å². The molecule has 0 saturated heterocycles. The summed E-state index contributed by atoms with van der Waals surface area (Å²) < 4.78 is 5.88. The second kappa shape index (κ2) is 43.2. The van der Waals surface area contributed by atoms with Crippen molar-refractivity contribution in [2.24, 2.45) is 0 Å². The fraction of sp³-hybridized carbons (Fsp3) is 0.680.